The molecule has 0 fully saturated rings. The van der Waals surface area contributed by atoms with Gasteiger partial charge in [-0.3, -0.25) is 4.79 Å². The van der Waals surface area contributed by atoms with Crippen molar-refractivity contribution in [2.45, 2.75) is 5.92 Å². The van der Waals surface area contributed by atoms with Gasteiger partial charge in [0, 0.05) is 12.2 Å². The Bertz CT molecular complexity index is 617. The second-order valence-corrected chi connectivity index (χ2v) is 4.50. The van der Waals surface area contributed by atoms with Gasteiger partial charge in [-0.2, -0.15) is 0 Å². The van der Waals surface area contributed by atoms with E-state index in [1.54, 1.807) is 0 Å². The Kier molecular flexibility index (Phi) is 4.87. The van der Waals surface area contributed by atoms with Crippen molar-refractivity contribution in [3.05, 3.63) is 65.7 Å². The summed E-state index contributed by atoms with van der Waals surface area (Å²) < 4.78 is 30.8. The van der Waals surface area contributed by atoms with Gasteiger partial charge in [-0.1, -0.05) is 30.3 Å². The molecule has 2 aromatic rings. The van der Waals surface area contributed by atoms with Crippen LogP contribution < -0.4 is 5.32 Å². The highest BCUT2D eigenvalue weighted by Gasteiger charge is 2.21. The molecule has 3 nitrogen and oxygen atoms in total. The first kappa shape index (κ1) is 15.0. The molecule has 0 radical (unpaired) electrons. The Morgan fingerprint density at radius 3 is 2.48 bits per heavy atom. The highest BCUT2D eigenvalue weighted by molar-refractivity contribution is 5.78. The Labute approximate surface area is 121 Å². The molecular formula is C16H15F2NO2. The fourth-order valence-corrected chi connectivity index (χ4v) is 1.99. The number of esters is 1. The van der Waals surface area contributed by atoms with Crippen molar-refractivity contribution in [3.63, 3.8) is 0 Å². The SMILES string of the molecule is COC(=O)C(CNc1ccc(F)c(F)c1)c1ccccc1. The van der Waals surface area contributed by atoms with Crippen LogP contribution in [0.1, 0.15) is 11.5 Å². The van der Waals surface area contributed by atoms with E-state index in [0.29, 0.717) is 5.69 Å². The van der Waals surface area contributed by atoms with E-state index in [1.807, 2.05) is 30.3 Å². The van der Waals surface area contributed by atoms with E-state index in [-0.39, 0.29) is 6.54 Å². The van der Waals surface area contributed by atoms with Gasteiger partial charge in [-0.05, 0) is 23.8 Å². The monoisotopic (exact) mass is 291 g/mol. The van der Waals surface area contributed by atoms with E-state index in [0.717, 1.165) is 17.7 Å². The maximum Gasteiger partial charge on any atom is 0.314 e. The molecule has 0 bridgehead atoms. The third-order valence-corrected chi connectivity index (χ3v) is 3.12. The summed E-state index contributed by atoms with van der Waals surface area (Å²) in [6.45, 7) is 0.224. The fourth-order valence-electron chi connectivity index (χ4n) is 1.99. The molecule has 0 aliphatic carbocycles. The first-order valence-corrected chi connectivity index (χ1v) is 6.43. The molecule has 0 spiro atoms. The van der Waals surface area contributed by atoms with Crippen molar-refractivity contribution in [3.8, 4) is 0 Å². The molecule has 1 atom stereocenters. The molecular weight excluding hydrogens is 276 g/mol. The summed E-state index contributed by atoms with van der Waals surface area (Å²) in [5.41, 5.74) is 1.19. The van der Waals surface area contributed by atoms with Gasteiger partial charge in [-0.25, -0.2) is 8.78 Å². The molecule has 0 heterocycles. The van der Waals surface area contributed by atoms with Crippen molar-refractivity contribution in [1.82, 2.24) is 0 Å². The van der Waals surface area contributed by atoms with Gasteiger partial charge in [0.2, 0.25) is 0 Å². The summed E-state index contributed by atoms with van der Waals surface area (Å²) in [5.74, 6) is -2.76. The van der Waals surface area contributed by atoms with Crippen molar-refractivity contribution >= 4 is 11.7 Å². The van der Waals surface area contributed by atoms with Crippen LogP contribution in [0, 0.1) is 11.6 Å². The minimum absolute atomic E-state index is 0.224. The average Bonchev–Trinajstić information content (AvgIpc) is 2.51. The lowest BCUT2D eigenvalue weighted by atomic mass is 9.99. The zero-order valence-electron chi connectivity index (χ0n) is 11.5. The highest BCUT2D eigenvalue weighted by Crippen LogP contribution is 2.19. The Morgan fingerprint density at radius 1 is 1.14 bits per heavy atom. The highest BCUT2D eigenvalue weighted by atomic mass is 19.2. The third kappa shape index (κ3) is 3.78. The summed E-state index contributed by atoms with van der Waals surface area (Å²) >= 11 is 0. The van der Waals surface area contributed by atoms with E-state index in [2.05, 4.69) is 5.32 Å². The minimum Gasteiger partial charge on any atom is -0.468 e. The summed E-state index contributed by atoms with van der Waals surface area (Å²) in [4.78, 5) is 11.9. The van der Waals surface area contributed by atoms with Crippen LogP contribution in [0.15, 0.2) is 48.5 Å². The van der Waals surface area contributed by atoms with Crippen LogP contribution in [-0.4, -0.2) is 19.6 Å². The van der Waals surface area contributed by atoms with Crippen LogP contribution >= 0.6 is 0 Å². The van der Waals surface area contributed by atoms with Gasteiger partial charge in [0.25, 0.3) is 0 Å². The van der Waals surface area contributed by atoms with E-state index in [4.69, 9.17) is 4.74 Å². The molecule has 0 saturated carbocycles. The number of carbonyl (C=O) groups is 1. The number of benzene rings is 2. The number of halogens is 2. The molecule has 110 valence electrons. The van der Waals surface area contributed by atoms with Crippen LogP contribution in [0.5, 0.6) is 0 Å². The van der Waals surface area contributed by atoms with Gasteiger partial charge in [0.05, 0.1) is 13.0 Å². The Balaban J connectivity index is 2.12. The summed E-state index contributed by atoms with van der Waals surface area (Å²) in [6.07, 6.45) is 0. The van der Waals surface area contributed by atoms with Crippen molar-refractivity contribution in [2.24, 2.45) is 0 Å². The lowest BCUT2D eigenvalue weighted by Gasteiger charge is -2.16. The Hall–Kier alpha value is -2.43. The molecule has 1 unspecified atom stereocenters. The smallest absolute Gasteiger partial charge is 0.314 e. The number of nitrogens with one attached hydrogen (secondary N) is 1. The predicted octanol–water partition coefficient (Wildman–Crippen LogP) is 3.33. The lowest BCUT2D eigenvalue weighted by Crippen LogP contribution is -2.22. The first-order chi connectivity index (χ1) is 10.1. The zero-order chi connectivity index (χ0) is 15.2. The lowest BCUT2D eigenvalue weighted by molar-refractivity contribution is -0.142. The predicted molar refractivity (Wildman–Crippen MR) is 76.0 cm³/mol. The number of carbonyl (C=O) groups excluding carboxylic acids is 1. The average molecular weight is 291 g/mol. The van der Waals surface area contributed by atoms with E-state index < -0.39 is 23.5 Å². The molecule has 0 aliphatic rings. The Morgan fingerprint density at radius 2 is 1.86 bits per heavy atom. The van der Waals surface area contributed by atoms with Crippen LogP contribution in [0.2, 0.25) is 0 Å². The summed E-state index contributed by atoms with van der Waals surface area (Å²) in [7, 11) is 1.32. The second-order valence-electron chi connectivity index (χ2n) is 4.50. The van der Waals surface area contributed by atoms with Crippen LogP contribution in [0.3, 0.4) is 0 Å². The molecule has 2 aromatic carbocycles. The maximum absolute atomic E-state index is 13.1. The van der Waals surface area contributed by atoms with Crippen molar-refractivity contribution in [2.75, 3.05) is 19.0 Å². The van der Waals surface area contributed by atoms with Crippen LogP contribution in [0.4, 0.5) is 14.5 Å². The molecule has 0 aromatic heterocycles. The second kappa shape index (κ2) is 6.83. The first-order valence-electron chi connectivity index (χ1n) is 6.43. The van der Waals surface area contributed by atoms with Crippen LogP contribution in [-0.2, 0) is 9.53 Å². The number of methoxy groups -OCH3 is 1. The molecule has 5 heteroatoms. The molecule has 0 amide bonds. The van der Waals surface area contributed by atoms with Gasteiger partial charge in [0.1, 0.15) is 0 Å². The van der Waals surface area contributed by atoms with Crippen LogP contribution in [0.25, 0.3) is 0 Å². The van der Waals surface area contributed by atoms with E-state index in [1.165, 1.54) is 13.2 Å². The zero-order valence-corrected chi connectivity index (χ0v) is 11.5. The topological polar surface area (TPSA) is 38.3 Å². The standard InChI is InChI=1S/C16H15F2NO2/c1-21-16(20)13(11-5-3-2-4-6-11)10-19-12-7-8-14(17)15(18)9-12/h2-9,13,19H,10H2,1H3. The van der Waals surface area contributed by atoms with Gasteiger partial charge in [0.15, 0.2) is 11.6 Å². The molecule has 21 heavy (non-hydrogen) atoms. The molecule has 0 aliphatic heterocycles. The molecule has 0 saturated heterocycles. The largest absolute Gasteiger partial charge is 0.468 e. The fraction of sp³-hybridized carbons (Fsp3) is 0.188. The summed E-state index contributed by atoms with van der Waals surface area (Å²) in [5, 5.41) is 2.92. The number of hydrogen-bond acceptors (Lipinski definition) is 3. The van der Waals surface area contributed by atoms with E-state index >= 15 is 0 Å². The van der Waals surface area contributed by atoms with E-state index in [9.17, 15) is 13.6 Å². The third-order valence-electron chi connectivity index (χ3n) is 3.12. The quantitative estimate of drug-likeness (QED) is 0.859. The van der Waals surface area contributed by atoms with Gasteiger partial charge >= 0.3 is 5.97 Å². The number of hydrogen-bond donors (Lipinski definition) is 1. The minimum atomic E-state index is -0.936. The number of anilines is 1. The molecule has 1 N–H and O–H groups in total. The van der Waals surface area contributed by atoms with Crippen molar-refractivity contribution in [1.29, 1.82) is 0 Å². The van der Waals surface area contributed by atoms with Gasteiger partial charge < -0.3 is 10.1 Å². The summed E-state index contributed by atoms with van der Waals surface area (Å²) in [6, 6.07) is 12.6. The normalized spacial score (nSPS) is 11.8. The van der Waals surface area contributed by atoms with Gasteiger partial charge in [-0.15, -0.1) is 0 Å². The number of ether oxygens (including phenoxy) is 1. The van der Waals surface area contributed by atoms with Crippen molar-refractivity contribution < 1.29 is 18.3 Å². The maximum atomic E-state index is 13.1. The molecule has 2 rings (SSSR count). The number of rotatable bonds is 5.